The fourth-order valence-corrected chi connectivity index (χ4v) is 2.79. The molecule has 98 valence electrons. The molecule has 0 fully saturated rings. The Balaban J connectivity index is 1.99. The minimum atomic E-state index is 0.0865. The average molecular weight is 263 g/mol. The van der Waals surface area contributed by atoms with E-state index in [1.165, 1.54) is 0 Å². The Morgan fingerprint density at radius 1 is 0.950 bits per heavy atom. The van der Waals surface area contributed by atoms with Crippen molar-refractivity contribution in [3.63, 3.8) is 0 Å². The molecule has 1 aliphatic rings. The van der Waals surface area contributed by atoms with Gasteiger partial charge in [0.2, 0.25) is 5.78 Å². The highest BCUT2D eigenvalue weighted by Gasteiger charge is 2.30. The molecule has 0 atom stereocenters. The Labute approximate surface area is 116 Å². The number of nitrogens with zero attached hydrogens (tertiary/aromatic N) is 1. The number of fused-ring (bicyclic) bond motifs is 3. The Bertz CT molecular complexity index is 789. The first-order chi connectivity index (χ1) is 9.84. The van der Waals surface area contributed by atoms with Crippen LogP contribution >= 0.6 is 0 Å². The summed E-state index contributed by atoms with van der Waals surface area (Å²) in [6.07, 6.45) is 0.488. The van der Waals surface area contributed by atoms with E-state index in [-0.39, 0.29) is 5.78 Å². The Morgan fingerprint density at radius 3 is 2.55 bits per heavy atom. The summed E-state index contributed by atoms with van der Waals surface area (Å²) in [5.74, 6) is 0.574. The fourth-order valence-electron chi connectivity index (χ4n) is 2.79. The van der Waals surface area contributed by atoms with Gasteiger partial charge in [0.05, 0.1) is 5.69 Å². The van der Waals surface area contributed by atoms with E-state index in [1.807, 2.05) is 42.5 Å². The van der Waals surface area contributed by atoms with Crippen LogP contribution in [0, 0.1) is 0 Å². The van der Waals surface area contributed by atoms with Crippen molar-refractivity contribution < 1.29 is 9.21 Å². The zero-order chi connectivity index (χ0) is 13.5. The van der Waals surface area contributed by atoms with Crippen molar-refractivity contribution in [2.75, 3.05) is 11.4 Å². The number of hydrogen-bond acceptors (Lipinski definition) is 3. The van der Waals surface area contributed by atoms with E-state index in [2.05, 4.69) is 17.0 Å². The highest BCUT2D eigenvalue weighted by atomic mass is 16.3. The molecule has 0 unspecified atom stereocenters. The van der Waals surface area contributed by atoms with Gasteiger partial charge in [-0.05, 0) is 24.3 Å². The maximum absolute atomic E-state index is 12.1. The number of anilines is 2. The highest BCUT2D eigenvalue weighted by molar-refractivity contribution is 6.10. The first kappa shape index (κ1) is 11.3. The minimum Gasteiger partial charge on any atom is -0.451 e. The van der Waals surface area contributed by atoms with Gasteiger partial charge < -0.3 is 9.32 Å². The number of ketones is 1. The predicted octanol–water partition coefficient (Wildman–Crippen LogP) is 4.16. The van der Waals surface area contributed by atoms with Crippen LogP contribution in [0.3, 0.4) is 0 Å². The summed E-state index contributed by atoms with van der Waals surface area (Å²) in [7, 11) is 0. The molecule has 0 saturated heterocycles. The molecule has 4 rings (SSSR count). The van der Waals surface area contributed by atoms with Gasteiger partial charge in [-0.1, -0.05) is 30.3 Å². The highest BCUT2D eigenvalue weighted by Crippen LogP contribution is 2.40. The van der Waals surface area contributed by atoms with E-state index < -0.39 is 0 Å². The third kappa shape index (κ3) is 1.56. The normalized spacial score (nSPS) is 14.6. The molecule has 0 spiro atoms. The number of hydrogen-bond donors (Lipinski definition) is 0. The monoisotopic (exact) mass is 263 g/mol. The molecule has 0 N–H and O–H groups in total. The van der Waals surface area contributed by atoms with Crippen molar-refractivity contribution in [1.29, 1.82) is 0 Å². The first-order valence-electron chi connectivity index (χ1n) is 6.72. The number of Topliss-reactive ketones (excluding diaryl/α,β-unsaturated/α-hetero) is 1. The first-order valence-corrected chi connectivity index (χ1v) is 6.72. The molecular formula is C17H13NO2. The van der Waals surface area contributed by atoms with Crippen molar-refractivity contribution in [1.82, 2.24) is 0 Å². The summed E-state index contributed by atoms with van der Waals surface area (Å²) in [5.41, 5.74) is 2.77. The predicted molar refractivity (Wildman–Crippen MR) is 78.6 cm³/mol. The number of carbonyl (C=O) groups excluding carboxylic acids is 1. The molecule has 3 nitrogen and oxygen atoms in total. The number of furan rings is 1. The largest absolute Gasteiger partial charge is 0.451 e. The summed E-state index contributed by atoms with van der Waals surface area (Å²) in [5, 5.41) is 0.999. The van der Waals surface area contributed by atoms with Gasteiger partial charge in [-0.2, -0.15) is 0 Å². The minimum absolute atomic E-state index is 0.0865. The lowest BCUT2D eigenvalue weighted by Crippen LogP contribution is -2.27. The molecule has 0 aliphatic carbocycles. The summed E-state index contributed by atoms with van der Waals surface area (Å²) >= 11 is 0. The van der Waals surface area contributed by atoms with Crippen molar-refractivity contribution in [3.8, 4) is 0 Å². The topological polar surface area (TPSA) is 33.5 Å². The van der Waals surface area contributed by atoms with Crippen LogP contribution in [0.15, 0.2) is 59.0 Å². The van der Waals surface area contributed by atoms with Crippen molar-refractivity contribution in [3.05, 3.63) is 60.4 Å². The van der Waals surface area contributed by atoms with Crippen molar-refractivity contribution >= 4 is 28.1 Å². The smallest absolute Gasteiger partial charge is 0.202 e. The maximum atomic E-state index is 12.1. The second-order valence-electron chi connectivity index (χ2n) is 4.94. The zero-order valence-corrected chi connectivity index (χ0v) is 10.9. The van der Waals surface area contributed by atoms with Crippen molar-refractivity contribution in [2.24, 2.45) is 0 Å². The van der Waals surface area contributed by atoms with E-state index in [1.54, 1.807) is 0 Å². The molecule has 0 amide bonds. The summed E-state index contributed by atoms with van der Waals surface area (Å²) in [4.78, 5) is 14.3. The van der Waals surface area contributed by atoms with Crippen LogP contribution in [0.25, 0.3) is 11.0 Å². The number of para-hydroxylation sites is 2. The van der Waals surface area contributed by atoms with Gasteiger partial charge in [-0.3, -0.25) is 4.79 Å². The zero-order valence-electron chi connectivity index (χ0n) is 10.9. The van der Waals surface area contributed by atoms with Crippen LogP contribution in [-0.2, 0) is 0 Å². The van der Waals surface area contributed by atoms with E-state index in [9.17, 15) is 4.79 Å². The lowest BCUT2D eigenvalue weighted by Gasteiger charge is -2.27. The van der Waals surface area contributed by atoms with Gasteiger partial charge in [0, 0.05) is 24.0 Å². The van der Waals surface area contributed by atoms with Crippen LogP contribution in [0.4, 0.5) is 11.4 Å². The number of benzene rings is 2. The standard InChI is InChI=1S/C17H13NO2/c19-14-10-11-18(12-6-2-1-3-7-12)16-13-8-4-5-9-15(13)20-17(14)16/h1-9H,10-11H2. The van der Waals surface area contributed by atoms with Gasteiger partial charge in [0.1, 0.15) is 5.58 Å². The Morgan fingerprint density at radius 2 is 1.70 bits per heavy atom. The molecule has 3 heteroatoms. The number of rotatable bonds is 1. The van der Waals surface area contributed by atoms with Crippen LogP contribution in [0.2, 0.25) is 0 Å². The summed E-state index contributed by atoms with van der Waals surface area (Å²) in [6, 6.07) is 17.9. The maximum Gasteiger partial charge on any atom is 0.202 e. The van der Waals surface area contributed by atoms with Gasteiger partial charge in [-0.15, -0.1) is 0 Å². The SMILES string of the molecule is O=C1CCN(c2ccccc2)c2c1oc1ccccc21. The van der Waals surface area contributed by atoms with Gasteiger partial charge in [0.25, 0.3) is 0 Å². The molecule has 0 bridgehead atoms. The molecule has 2 aromatic carbocycles. The molecule has 2 heterocycles. The van der Waals surface area contributed by atoms with Crippen molar-refractivity contribution in [2.45, 2.75) is 6.42 Å². The van der Waals surface area contributed by atoms with Crippen LogP contribution in [0.5, 0.6) is 0 Å². The molecule has 1 aromatic heterocycles. The second kappa shape index (κ2) is 4.23. The van der Waals surface area contributed by atoms with Crippen LogP contribution < -0.4 is 4.90 Å². The molecule has 20 heavy (non-hydrogen) atoms. The third-order valence-electron chi connectivity index (χ3n) is 3.72. The van der Waals surface area contributed by atoms with E-state index in [0.29, 0.717) is 18.7 Å². The lowest BCUT2D eigenvalue weighted by molar-refractivity contribution is 0.0956. The molecule has 0 saturated carbocycles. The quantitative estimate of drug-likeness (QED) is 0.661. The lowest BCUT2D eigenvalue weighted by atomic mass is 10.1. The van der Waals surface area contributed by atoms with Gasteiger partial charge >= 0.3 is 0 Å². The number of carbonyl (C=O) groups is 1. The van der Waals surface area contributed by atoms with Crippen LogP contribution in [0.1, 0.15) is 17.0 Å². The fraction of sp³-hybridized carbons (Fsp3) is 0.118. The Kier molecular flexibility index (Phi) is 2.39. The molecular weight excluding hydrogens is 250 g/mol. The molecule has 1 aliphatic heterocycles. The molecule has 3 aromatic rings. The summed E-state index contributed by atoms with van der Waals surface area (Å²) < 4.78 is 5.76. The van der Waals surface area contributed by atoms with E-state index in [0.717, 1.165) is 22.3 Å². The van der Waals surface area contributed by atoms with Crippen LogP contribution in [-0.4, -0.2) is 12.3 Å². The van der Waals surface area contributed by atoms with E-state index in [4.69, 9.17) is 4.42 Å². The molecule has 0 radical (unpaired) electrons. The van der Waals surface area contributed by atoms with E-state index >= 15 is 0 Å². The average Bonchev–Trinajstić information content (AvgIpc) is 2.89. The van der Waals surface area contributed by atoms with Gasteiger partial charge in [0.15, 0.2) is 5.76 Å². The summed E-state index contributed by atoms with van der Waals surface area (Å²) in [6.45, 7) is 0.694. The second-order valence-corrected chi connectivity index (χ2v) is 4.94. The van der Waals surface area contributed by atoms with Gasteiger partial charge in [-0.25, -0.2) is 0 Å². The third-order valence-corrected chi connectivity index (χ3v) is 3.72. The Hall–Kier alpha value is -2.55.